The van der Waals surface area contributed by atoms with Crippen LogP contribution in [-0.2, 0) is 16.1 Å². The minimum atomic E-state index is -0.701. The van der Waals surface area contributed by atoms with E-state index >= 15 is 0 Å². The fraction of sp³-hybridized carbons (Fsp3) is 0.368. The lowest BCUT2D eigenvalue weighted by Gasteiger charge is -2.30. The van der Waals surface area contributed by atoms with Gasteiger partial charge in [0.15, 0.2) is 0 Å². The number of nitrogens with zero attached hydrogens (tertiary/aromatic N) is 1. The number of urea groups is 1. The van der Waals surface area contributed by atoms with Gasteiger partial charge in [-0.15, -0.1) is 11.3 Å². The summed E-state index contributed by atoms with van der Waals surface area (Å²) in [4.78, 5) is 28.2. The maximum atomic E-state index is 12.7. The highest BCUT2D eigenvalue weighted by Crippen LogP contribution is 2.29. The quantitative estimate of drug-likeness (QED) is 0.632. The molecule has 0 saturated heterocycles. The number of likely N-dealkylation sites (N-methyl/N-ethyl adjacent to an activating group) is 1. The van der Waals surface area contributed by atoms with Crippen molar-refractivity contribution in [2.24, 2.45) is 0 Å². The summed E-state index contributed by atoms with van der Waals surface area (Å²) in [5.74, 6) is -0.00916. The van der Waals surface area contributed by atoms with Crippen molar-refractivity contribution in [2.75, 3.05) is 19.7 Å². The maximum Gasteiger partial charge on any atom is 0.338 e. The molecule has 3 heterocycles. The Morgan fingerprint density at radius 2 is 2.14 bits per heavy atom. The first kappa shape index (κ1) is 20.4. The summed E-state index contributed by atoms with van der Waals surface area (Å²) in [6, 6.07) is 6.18. The lowest BCUT2D eigenvalue weighted by atomic mass is 10.00. The first-order chi connectivity index (χ1) is 13.5. The zero-order valence-electron chi connectivity index (χ0n) is 15.7. The van der Waals surface area contributed by atoms with Crippen LogP contribution in [0.3, 0.4) is 0 Å². The fourth-order valence-corrected chi connectivity index (χ4v) is 4.15. The molecule has 0 aromatic carbocycles. The molecule has 3 rings (SSSR count). The average molecular weight is 424 g/mol. The molecule has 2 N–H and O–H groups in total. The molecule has 0 spiro atoms. The van der Waals surface area contributed by atoms with E-state index in [9.17, 15) is 9.59 Å². The molecule has 0 bridgehead atoms. The second-order valence-electron chi connectivity index (χ2n) is 6.17. The molecule has 7 nitrogen and oxygen atoms in total. The number of thiophene rings is 1. The molecule has 28 heavy (non-hydrogen) atoms. The van der Waals surface area contributed by atoms with Crippen LogP contribution in [0.4, 0.5) is 4.79 Å². The van der Waals surface area contributed by atoms with Crippen molar-refractivity contribution in [3.63, 3.8) is 0 Å². The van der Waals surface area contributed by atoms with Gasteiger partial charge >= 0.3 is 12.0 Å². The first-order valence-electron chi connectivity index (χ1n) is 8.99. The topological polar surface area (TPSA) is 83.8 Å². The van der Waals surface area contributed by atoms with Crippen LogP contribution in [0.25, 0.3) is 0 Å². The number of rotatable bonds is 8. The van der Waals surface area contributed by atoms with Crippen LogP contribution in [0.5, 0.6) is 0 Å². The normalized spacial score (nSPS) is 16.9. The molecule has 9 heteroatoms. The number of hydrogen-bond donors (Lipinski definition) is 2. The molecular formula is C19H22ClN3O4S. The molecule has 0 unspecified atom stereocenters. The highest BCUT2D eigenvalue weighted by atomic mass is 35.5. The number of furan rings is 1. The molecule has 2 aromatic rings. The molecule has 0 saturated carbocycles. The van der Waals surface area contributed by atoms with Gasteiger partial charge in [-0.25, -0.2) is 9.59 Å². The summed E-state index contributed by atoms with van der Waals surface area (Å²) >= 11 is 7.54. The highest BCUT2D eigenvalue weighted by Gasteiger charge is 2.35. The maximum absolute atomic E-state index is 12.7. The second-order valence-corrected chi connectivity index (χ2v) is 7.97. The summed E-state index contributed by atoms with van der Waals surface area (Å²) in [7, 11) is 0. The van der Waals surface area contributed by atoms with E-state index in [2.05, 4.69) is 15.5 Å². The predicted octanol–water partition coefficient (Wildman–Crippen LogP) is 3.69. The minimum absolute atomic E-state index is 0.236. The zero-order valence-corrected chi connectivity index (χ0v) is 17.2. The van der Waals surface area contributed by atoms with Gasteiger partial charge < -0.3 is 19.8 Å². The van der Waals surface area contributed by atoms with Crippen LogP contribution >= 0.6 is 22.9 Å². The van der Waals surface area contributed by atoms with Gasteiger partial charge in [0.1, 0.15) is 11.8 Å². The van der Waals surface area contributed by atoms with Gasteiger partial charge in [-0.3, -0.25) is 4.90 Å². The first-order valence-corrected chi connectivity index (χ1v) is 10.2. The third-order valence-corrected chi connectivity index (χ3v) is 5.53. The number of halogens is 1. The Bertz CT molecular complexity index is 862. The van der Waals surface area contributed by atoms with Crippen LogP contribution in [0.1, 0.15) is 30.5 Å². The number of nitrogens with one attached hydrogen (secondary N) is 2. The molecular weight excluding hydrogens is 402 g/mol. The molecule has 2 amide bonds. The Balaban J connectivity index is 1.92. The number of carbonyl (C=O) groups is 2. The molecule has 0 radical (unpaired) electrons. The third-order valence-electron chi connectivity index (χ3n) is 4.31. The van der Waals surface area contributed by atoms with E-state index in [1.807, 2.05) is 19.1 Å². The summed E-state index contributed by atoms with van der Waals surface area (Å²) in [6.45, 7) is 5.76. The van der Waals surface area contributed by atoms with E-state index in [4.69, 9.17) is 20.8 Å². The Labute approximate surface area is 172 Å². The van der Waals surface area contributed by atoms with E-state index in [0.717, 1.165) is 15.8 Å². The molecule has 0 fully saturated rings. The highest BCUT2D eigenvalue weighted by molar-refractivity contribution is 7.16. The number of hydrogen-bond acceptors (Lipinski definition) is 6. The lowest BCUT2D eigenvalue weighted by Crippen LogP contribution is -2.48. The summed E-state index contributed by atoms with van der Waals surface area (Å²) in [5.41, 5.74) is 0.854. The predicted molar refractivity (Wildman–Crippen MR) is 107 cm³/mol. The van der Waals surface area contributed by atoms with E-state index in [1.165, 1.54) is 17.6 Å². The average Bonchev–Trinajstić information content (AvgIpc) is 3.32. The standard InChI is InChI=1S/C19H22ClN3O4S/c1-3-23(10-12-7-8-15(20)28-12)11-13-16(18(24)26-4-2)17(22-19(25)21-13)14-6-5-9-27-14/h5-9,17H,3-4,10-11H2,1-2H3,(H2,21,22,25)/t17-/m1/s1. The van der Waals surface area contributed by atoms with Crippen molar-refractivity contribution in [1.29, 1.82) is 0 Å². The SMILES string of the molecule is CCOC(=O)C1=C(CN(CC)Cc2ccc(Cl)s2)NC(=O)N[C@@H]1c1ccco1. The van der Waals surface area contributed by atoms with Crippen LogP contribution < -0.4 is 10.6 Å². The molecule has 1 aliphatic rings. The van der Waals surface area contributed by atoms with E-state index in [0.29, 0.717) is 30.1 Å². The zero-order chi connectivity index (χ0) is 20.1. The van der Waals surface area contributed by atoms with Crippen LogP contribution in [0.2, 0.25) is 4.34 Å². The van der Waals surface area contributed by atoms with Crippen molar-refractivity contribution < 1.29 is 18.7 Å². The van der Waals surface area contributed by atoms with Crippen LogP contribution in [0, 0.1) is 0 Å². The van der Waals surface area contributed by atoms with Crippen molar-refractivity contribution in [3.05, 3.63) is 56.8 Å². The molecule has 150 valence electrons. The Hall–Kier alpha value is -2.29. The van der Waals surface area contributed by atoms with Gasteiger partial charge in [0.05, 0.1) is 22.8 Å². The number of esters is 1. The van der Waals surface area contributed by atoms with Crippen molar-refractivity contribution >= 4 is 34.9 Å². The van der Waals surface area contributed by atoms with E-state index < -0.39 is 12.0 Å². The minimum Gasteiger partial charge on any atom is -0.467 e. The fourth-order valence-electron chi connectivity index (χ4n) is 3.02. The van der Waals surface area contributed by atoms with Crippen LogP contribution in [-0.4, -0.2) is 36.6 Å². The number of ether oxygens (including phenoxy) is 1. The summed E-state index contributed by atoms with van der Waals surface area (Å²) in [6.07, 6.45) is 1.50. The van der Waals surface area contributed by atoms with Gasteiger partial charge in [0.2, 0.25) is 0 Å². The number of carbonyl (C=O) groups excluding carboxylic acids is 2. The molecule has 1 atom stereocenters. The smallest absolute Gasteiger partial charge is 0.338 e. The van der Waals surface area contributed by atoms with E-state index in [1.54, 1.807) is 19.1 Å². The Morgan fingerprint density at radius 1 is 1.32 bits per heavy atom. The van der Waals surface area contributed by atoms with Gasteiger partial charge in [0, 0.05) is 23.7 Å². The molecule has 2 aromatic heterocycles. The van der Waals surface area contributed by atoms with Crippen molar-refractivity contribution in [3.8, 4) is 0 Å². The van der Waals surface area contributed by atoms with Crippen LogP contribution in [0.15, 0.2) is 46.2 Å². The lowest BCUT2D eigenvalue weighted by molar-refractivity contribution is -0.139. The molecule has 0 aliphatic carbocycles. The van der Waals surface area contributed by atoms with Gasteiger partial charge in [-0.2, -0.15) is 0 Å². The summed E-state index contributed by atoms with van der Waals surface area (Å²) in [5, 5.41) is 5.52. The van der Waals surface area contributed by atoms with Gasteiger partial charge in [0.25, 0.3) is 0 Å². The second kappa shape index (κ2) is 9.27. The monoisotopic (exact) mass is 423 g/mol. The Kier molecular flexibility index (Phi) is 6.77. The van der Waals surface area contributed by atoms with Gasteiger partial charge in [-0.05, 0) is 37.7 Å². The van der Waals surface area contributed by atoms with Gasteiger partial charge in [-0.1, -0.05) is 18.5 Å². The van der Waals surface area contributed by atoms with Crippen molar-refractivity contribution in [2.45, 2.75) is 26.4 Å². The summed E-state index contributed by atoms with van der Waals surface area (Å²) < 4.78 is 11.4. The third kappa shape index (κ3) is 4.76. The number of amides is 2. The van der Waals surface area contributed by atoms with Crippen molar-refractivity contribution in [1.82, 2.24) is 15.5 Å². The Morgan fingerprint density at radius 3 is 2.75 bits per heavy atom. The van der Waals surface area contributed by atoms with E-state index in [-0.39, 0.29) is 12.6 Å². The molecule has 1 aliphatic heterocycles. The largest absolute Gasteiger partial charge is 0.467 e.